The molecule has 0 aliphatic carbocycles. The first-order valence-electron chi connectivity index (χ1n) is 12.1. The number of carbonyl (C=O) groups excluding carboxylic acids is 1. The van der Waals surface area contributed by atoms with Crippen molar-refractivity contribution in [3.05, 3.63) is 101 Å². The van der Waals surface area contributed by atoms with Crippen LogP contribution in [0.2, 0.25) is 0 Å². The van der Waals surface area contributed by atoms with E-state index in [2.05, 4.69) is 10.1 Å². The van der Waals surface area contributed by atoms with Gasteiger partial charge in [0.25, 0.3) is 0 Å². The Morgan fingerprint density at radius 2 is 1.48 bits per heavy atom. The van der Waals surface area contributed by atoms with Gasteiger partial charge in [-0.2, -0.15) is 43.9 Å². The summed E-state index contributed by atoms with van der Waals surface area (Å²) in [6.07, 6.45) is -24.0. The predicted octanol–water partition coefficient (Wildman–Crippen LogP) is 6.93. The fraction of sp³-hybridized carbons (Fsp3) is 0.296. The van der Waals surface area contributed by atoms with E-state index in [9.17, 15) is 62.6 Å². The van der Waals surface area contributed by atoms with Crippen LogP contribution in [0.4, 0.5) is 57.5 Å². The van der Waals surface area contributed by atoms with Crippen molar-refractivity contribution in [2.75, 3.05) is 6.54 Å². The number of rotatable bonds is 10. The molecule has 240 valence electrons. The molecule has 0 aliphatic heterocycles. The van der Waals surface area contributed by atoms with Crippen molar-refractivity contribution in [3.8, 4) is 5.75 Å². The van der Waals surface area contributed by atoms with Gasteiger partial charge in [-0.1, -0.05) is 36.4 Å². The van der Waals surface area contributed by atoms with Crippen molar-refractivity contribution in [1.29, 1.82) is 0 Å². The standard InChI is InChI=1S/C27H20F12N2O3/c28-17-8-16(9-18(11-17)44-27(38,39)22(30)31)24(12-14-4-2-1-3-5-14,41-23(43)40-13-21(42)26(35,36)37)15-6-7-20(29)19(10-15)25(32,33)34/h1-11,21-22,42H,12-13H2,(H2,40,41,43)/t21-,24-/m1/s1. The Labute approximate surface area is 240 Å². The average molecular weight is 648 g/mol. The summed E-state index contributed by atoms with van der Waals surface area (Å²) in [6.45, 7) is -1.48. The summed E-state index contributed by atoms with van der Waals surface area (Å²) in [5.41, 5.74) is -5.75. The number of halogens is 12. The van der Waals surface area contributed by atoms with E-state index in [1.165, 1.54) is 30.3 Å². The monoisotopic (exact) mass is 648 g/mol. The van der Waals surface area contributed by atoms with Crippen LogP contribution >= 0.6 is 0 Å². The summed E-state index contributed by atoms with van der Waals surface area (Å²) >= 11 is 0. The number of amides is 2. The molecular weight excluding hydrogens is 628 g/mol. The molecule has 0 saturated heterocycles. The van der Waals surface area contributed by atoms with Crippen molar-refractivity contribution < 1.29 is 67.3 Å². The van der Waals surface area contributed by atoms with E-state index in [0.29, 0.717) is 24.3 Å². The van der Waals surface area contributed by atoms with Crippen molar-refractivity contribution >= 4 is 6.03 Å². The van der Waals surface area contributed by atoms with Crippen LogP contribution < -0.4 is 15.4 Å². The second-order valence-corrected chi connectivity index (χ2v) is 9.29. The summed E-state index contributed by atoms with van der Waals surface area (Å²) in [5, 5.41) is 13.0. The maximum Gasteiger partial charge on any atom is 0.461 e. The quantitative estimate of drug-likeness (QED) is 0.209. The number of hydrogen-bond acceptors (Lipinski definition) is 3. The van der Waals surface area contributed by atoms with Gasteiger partial charge in [-0.25, -0.2) is 13.6 Å². The molecule has 44 heavy (non-hydrogen) atoms. The Bertz CT molecular complexity index is 1450. The molecular formula is C27H20F12N2O3. The fourth-order valence-electron chi connectivity index (χ4n) is 4.08. The summed E-state index contributed by atoms with van der Waals surface area (Å²) in [6, 6.07) is 7.78. The predicted molar refractivity (Wildman–Crippen MR) is 129 cm³/mol. The van der Waals surface area contributed by atoms with E-state index >= 15 is 0 Å². The van der Waals surface area contributed by atoms with Crippen LogP contribution in [0.3, 0.4) is 0 Å². The zero-order chi connectivity index (χ0) is 33.1. The number of aliphatic hydroxyl groups excluding tert-OH is 1. The minimum absolute atomic E-state index is 0.144. The number of benzene rings is 3. The van der Waals surface area contributed by atoms with Crippen LogP contribution in [0, 0.1) is 11.6 Å². The normalized spacial score (nSPS) is 14.6. The molecule has 0 aliphatic rings. The van der Waals surface area contributed by atoms with Gasteiger partial charge in [0, 0.05) is 12.5 Å². The average Bonchev–Trinajstić information content (AvgIpc) is 2.90. The van der Waals surface area contributed by atoms with Gasteiger partial charge in [-0.15, -0.1) is 0 Å². The summed E-state index contributed by atoms with van der Waals surface area (Å²) in [5.74, 6) is -4.56. The summed E-state index contributed by atoms with van der Waals surface area (Å²) in [4.78, 5) is 12.9. The van der Waals surface area contributed by atoms with Crippen molar-refractivity contribution in [1.82, 2.24) is 10.6 Å². The molecule has 2 atom stereocenters. The minimum Gasteiger partial charge on any atom is -0.428 e. The molecule has 0 radical (unpaired) electrons. The van der Waals surface area contributed by atoms with E-state index in [-0.39, 0.29) is 17.7 Å². The van der Waals surface area contributed by atoms with Crippen molar-refractivity contribution in [2.45, 2.75) is 43.0 Å². The largest absolute Gasteiger partial charge is 0.461 e. The maximum absolute atomic E-state index is 14.8. The lowest BCUT2D eigenvalue weighted by atomic mass is 9.77. The van der Waals surface area contributed by atoms with Gasteiger partial charge >= 0.3 is 30.9 Å². The second-order valence-electron chi connectivity index (χ2n) is 9.29. The lowest BCUT2D eigenvalue weighted by Gasteiger charge is -2.37. The third kappa shape index (κ3) is 8.27. The SMILES string of the molecule is O=C(NC[C@@H](O)C(F)(F)F)N[C@@](Cc1ccccc1)(c1cc(F)cc(OC(F)(F)C(F)F)c1)c1ccc(F)c(C(F)(F)F)c1. The van der Waals surface area contributed by atoms with Gasteiger partial charge < -0.3 is 20.5 Å². The van der Waals surface area contributed by atoms with Gasteiger partial charge in [-0.05, 0) is 41.0 Å². The highest BCUT2D eigenvalue weighted by Crippen LogP contribution is 2.40. The van der Waals surface area contributed by atoms with Crippen LogP contribution in [0.25, 0.3) is 0 Å². The zero-order valence-electron chi connectivity index (χ0n) is 21.7. The molecule has 5 nitrogen and oxygen atoms in total. The van der Waals surface area contributed by atoms with E-state index in [0.717, 1.165) is 0 Å². The van der Waals surface area contributed by atoms with Gasteiger partial charge in [0.05, 0.1) is 17.6 Å². The van der Waals surface area contributed by atoms with Crippen LogP contribution in [0.5, 0.6) is 5.75 Å². The highest BCUT2D eigenvalue weighted by molar-refractivity contribution is 5.76. The van der Waals surface area contributed by atoms with Gasteiger partial charge in [0.15, 0.2) is 6.10 Å². The molecule has 0 spiro atoms. The summed E-state index contributed by atoms with van der Waals surface area (Å²) in [7, 11) is 0. The maximum atomic E-state index is 14.8. The van der Waals surface area contributed by atoms with E-state index in [1.54, 1.807) is 5.32 Å². The molecule has 0 aromatic heterocycles. The Morgan fingerprint density at radius 1 is 0.841 bits per heavy atom. The van der Waals surface area contributed by atoms with Crippen molar-refractivity contribution in [2.24, 2.45) is 0 Å². The number of hydrogen-bond donors (Lipinski definition) is 3. The van der Waals surface area contributed by atoms with Gasteiger partial charge in [0.2, 0.25) is 0 Å². The first-order chi connectivity index (χ1) is 20.2. The van der Waals surface area contributed by atoms with Crippen LogP contribution in [0.1, 0.15) is 22.3 Å². The van der Waals surface area contributed by atoms with E-state index < -0.39 is 89.6 Å². The second kappa shape index (κ2) is 12.8. The third-order valence-corrected chi connectivity index (χ3v) is 6.11. The first-order valence-corrected chi connectivity index (χ1v) is 12.1. The summed E-state index contributed by atoms with van der Waals surface area (Å²) < 4.78 is 166. The van der Waals surface area contributed by atoms with Crippen LogP contribution in [-0.4, -0.2) is 42.5 Å². The Balaban J connectivity index is 2.30. The third-order valence-electron chi connectivity index (χ3n) is 6.11. The number of nitrogens with one attached hydrogen (secondary N) is 2. The molecule has 3 aromatic rings. The van der Waals surface area contributed by atoms with E-state index in [4.69, 9.17) is 0 Å². The Hall–Kier alpha value is -4.15. The molecule has 0 saturated carbocycles. The molecule has 3 aromatic carbocycles. The molecule has 3 rings (SSSR count). The molecule has 0 fully saturated rings. The lowest BCUT2D eigenvalue weighted by Crippen LogP contribution is -2.54. The molecule has 0 bridgehead atoms. The smallest absolute Gasteiger partial charge is 0.428 e. The minimum atomic E-state index is -5.35. The van der Waals surface area contributed by atoms with Crippen LogP contribution in [-0.2, 0) is 18.1 Å². The number of ether oxygens (including phenoxy) is 1. The number of aliphatic hydroxyl groups is 1. The Kier molecular flexibility index (Phi) is 10.0. The van der Waals surface area contributed by atoms with Gasteiger partial charge in [0.1, 0.15) is 17.4 Å². The number of alkyl halides is 10. The highest BCUT2D eigenvalue weighted by atomic mass is 19.4. The molecule has 3 N–H and O–H groups in total. The fourth-order valence-corrected chi connectivity index (χ4v) is 4.08. The lowest BCUT2D eigenvalue weighted by molar-refractivity contribution is -0.253. The topological polar surface area (TPSA) is 70.6 Å². The molecule has 17 heteroatoms. The zero-order valence-corrected chi connectivity index (χ0v) is 21.7. The number of urea groups is 1. The molecule has 2 amide bonds. The Morgan fingerprint density at radius 3 is 2.05 bits per heavy atom. The van der Waals surface area contributed by atoms with Crippen molar-refractivity contribution in [3.63, 3.8) is 0 Å². The van der Waals surface area contributed by atoms with Gasteiger partial charge in [-0.3, -0.25) is 0 Å². The van der Waals surface area contributed by atoms with Crippen LogP contribution in [0.15, 0.2) is 66.7 Å². The van der Waals surface area contributed by atoms with E-state index in [1.807, 2.05) is 0 Å². The molecule has 0 heterocycles. The highest BCUT2D eigenvalue weighted by Gasteiger charge is 2.46. The number of carbonyl (C=O) groups is 1. The first kappa shape index (κ1) is 34.3. The molecule has 0 unspecified atom stereocenters.